The van der Waals surface area contributed by atoms with Crippen molar-refractivity contribution in [3.8, 4) is 0 Å². The van der Waals surface area contributed by atoms with Crippen LogP contribution in [-0.2, 0) is 6.42 Å². The Labute approximate surface area is 85.5 Å². The zero-order valence-electron chi connectivity index (χ0n) is 9.03. The molecule has 1 aromatic rings. The lowest BCUT2D eigenvalue weighted by atomic mass is 10.0. The van der Waals surface area contributed by atoms with Crippen molar-refractivity contribution >= 4 is 0 Å². The molecule has 1 aliphatic heterocycles. The number of nitrogens with one attached hydrogen (secondary N) is 1. The van der Waals surface area contributed by atoms with E-state index >= 15 is 0 Å². The lowest BCUT2D eigenvalue weighted by Gasteiger charge is -2.05. The van der Waals surface area contributed by atoms with Crippen molar-refractivity contribution < 1.29 is 0 Å². The molecule has 78 valence electrons. The second-order valence-electron chi connectivity index (χ2n) is 4.49. The van der Waals surface area contributed by atoms with E-state index in [2.05, 4.69) is 30.5 Å². The highest BCUT2D eigenvalue weighted by atomic mass is 15.3. The smallest absolute Gasteiger partial charge is 0.0521 e. The Morgan fingerprint density at radius 3 is 3.07 bits per heavy atom. The van der Waals surface area contributed by atoms with E-state index in [1.807, 2.05) is 10.9 Å². The molecular weight excluding hydrogens is 174 g/mol. The highest BCUT2D eigenvalue weighted by molar-refractivity contribution is 5.06. The monoisotopic (exact) mass is 193 g/mol. The lowest BCUT2D eigenvalue weighted by Crippen LogP contribution is -2.10. The van der Waals surface area contributed by atoms with Gasteiger partial charge in [0.1, 0.15) is 0 Å². The van der Waals surface area contributed by atoms with E-state index in [0.29, 0.717) is 6.04 Å². The zero-order valence-corrected chi connectivity index (χ0v) is 9.03. The molecule has 1 saturated heterocycles. The van der Waals surface area contributed by atoms with E-state index in [1.54, 1.807) is 0 Å². The summed E-state index contributed by atoms with van der Waals surface area (Å²) < 4.78 is 2.04. The number of nitrogens with zero attached hydrogens (tertiary/aromatic N) is 2. The fourth-order valence-corrected chi connectivity index (χ4v) is 1.99. The highest BCUT2D eigenvalue weighted by Crippen LogP contribution is 2.15. The first-order valence-electron chi connectivity index (χ1n) is 5.49. The average Bonchev–Trinajstić information content (AvgIpc) is 2.75. The Hall–Kier alpha value is -0.830. The predicted molar refractivity (Wildman–Crippen MR) is 57.3 cm³/mol. The number of rotatable bonds is 3. The maximum absolute atomic E-state index is 4.35. The van der Waals surface area contributed by atoms with Crippen LogP contribution in [0, 0.1) is 5.92 Å². The lowest BCUT2D eigenvalue weighted by molar-refractivity contribution is 0.530. The van der Waals surface area contributed by atoms with E-state index in [0.717, 1.165) is 5.92 Å². The molecular formula is C11H19N3. The maximum Gasteiger partial charge on any atom is 0.0521 e. The molecule has 2 rings (SSSR count). The zero-order chi connectivity index (χ0) is 9.97. The van der Waals surface area contributed by atoms with Gasteiger partial charge in [0.2, 0.25) is 0 Å². The highest BCUT2D eigenvalue weighted by Gasteiger charge is 2.15. The van der Waals surface area contributed by atoms with Crippen molar-refractivity contribution in [2.45, 2.75) is 32.7 Å². The van der Waals surface area contributed by atoms with Crippen LogP contribution >= 0.6 is 0 Å². The summed E-state index contributed by atoms with van der Waals surface area (Å²) in [6, 6.07) is 0.477. The molecule has 0 bridgehead atoms. The van der Waals surface area contributed by atoms with Crippen LogP contribution in [0.1, 0.15) is 31.9 Å². The topological polar surface area (TPSA) is 29.9 Å². The molecule has 0 aliphatic carbocycles. The van der Waals surface area contributed by atoms with Crippen molar-refractivity contribution in [2.75, 3.05) is 13.1 Å². The molecule has 14 heavy (non-hydrogen) atoms. The Morgan fingerprint density at radius 2 is 2.50 bits per heavy atom. The Kier molecular flexibility index (Phi) is 2.87. The predicted octanol–water partition coefficient (Wildman–Crippen LogP) is 1.62. The van der Waals surface area contributed by atoms with Gasteiger partial charge in [-0.25, -0.2) is 0 Å². The summed E-state index contributed by atoms with van der Waals surface area (Å²) >= 11 is 0. The van der Waals surface area contributed by atoms with Crippen LogP contribution in [0.15, 0.2) is 12.4 Å². The maximum atomic E-state index is 4.35. The molecule has 1 N–H and O–H groups in total. The van der Waals surface area contributed by atoms with Gasteiger partial charge in [0.25, 0.3) is 0 Å². The molecule has 1 aromatic heterocycles. The van der Waals surface area contributed by atoms with Crippen molar-refractivity contribution in [2.24, 2.45) is 5.92 Å². The number of hydrogen-bond donors (Lipinski definition) is 1. The van der Waals surface area contributed by atoms with Crippen LogP contribution in [0.2, 0.25) is 0 Å². The molecule has 1 fully saturated rings. The molecule has 1 atom stereocenters. The first-order valence-corrected chi connectivity index (χ1v) is 5.49. The Bertz CT molecular complexity index is 284. The molecule has 0 amide bonds. The summed E-state index contributed by atoms with van der Waals surface area (Å²) in [6.45, 7) is 6.68. The normalized spacial score (nSPS) is 22.1. The molecule has 0 radical (unpaired) electrons. The minimum Gasteiger partial charge on any atom is -0.316 e. The van der Waals surface area contributed by atoms with Gasteiger partial charge >= 0.3 is 0 Å². The second-order valence-corrected chi connectivity index (χ2v) is 4.49. The second kappa shape index (κ2) is 4.13. The minimum absolute atomic E-state index is 0.477. The first-order chi connectivity index (χ1) is 6.75. The Morgan fingerprint density at radius 1 is 1.64 bits per heavy atom. The molecule has 1 unspecified atom stereocenters. The summed E-state index contributed by atoms with van der Waals surface area (Å²) in [7, 11) is 0. The van der Waals surface area contributed by atoms with Gasteiger partial charge in [-0.3, -0.25) is 4.68 Å². The summed E-state index contributed by atoms with van der Waals surface area (Å²) in [5.41, 5.74) is 1.38. The van der Waals surface area contributed by atoms with E-state index in [1.165, 1.54) is 31.5 Å². The van der Waals surface area contributed by atoms with Crippen molar-refractivity contribution in [3.63, 3.8) is 0 Å². The third kappa shape index (κ3) is 2.15. The SMILES string of the molecule is CC(C)n1cc(CC2CCNC2)cn1. The molecule has 1 aliphatic rings. The fourth-order valence-electron chi connectivity index (χ4n) is 1.99. The molecule has 0 spiro atoms. The van der Waals surface area contributed by atoms with Crippen LogP contribution in [0.3, 0.4) is 0 Å². The minimum atomic E-state index is 0.477. The van der Waals surface area contributed by atoms with Crippen LogP contribution in [0.25, 0.3) is 0 Å². The van der Waals surface area contributed by atoms with Crippen LogP contribution in [-0.4, -0.2) is 22.9 Å². The van der Waals surface area contributed by atoms with E-state index in [-0.39, 0.29) is 0 Å². The summed E-state index contributed by atoms with van der Waals surface area (Å²) in [5, 5.41) is 7.75. The summed E-state index contributed by atoms with van der Waals surface area (Å²) in [6.07, 6.45) is 6.69. The summed E-state index contributed by atoms with van der Waals surface area (Å²) in [4.78, 5) is 0. The van der Waals surface area contributed by atoms with Crippen LogP contribution in [0.4, 0.5) is 0 Å². The molecule has 3 nitrogen and oxygen atoms in total. The van der Waals surface area contributed by atoms with Crippen molar-refractivity contribution in [1.29, 1.82) is 0 Å². The Balaban J connectivity index is 1.95. The first kappa shape index (κ1) is 9.71. The van der Waals surface area contributed by atoms with Crippen molar-refractivity contribution in [1.82, 2.24) is 15.1 Å². The largest absolute Gasteiger partial charge is 0.316 e. The number of hydrogen-bond acceptors (Lipinski definition) is 2. The van der Waals surface area contributed by atoms with Gasteiger partial charge in [0.05, 0.1) is 6.20 Å². The van der Waals surface area contributed by atoms with E-state index in [9.17, 15) is 0 Å². The van der Waals surface area contributed by atoms with Gasteiger partial charge in [-0.2, -0.15) is 5.10 Å². The molecule has 0 saturated carbocycles. The number of aromatic nitrogens is 2. The van der Waals surface area contributed by atoms with Gasteiger partial charge in [0, 0.05) is 12.2 Å². The van der Waals surface area contributed by atoms with E-state index < -0.39 is 0 Å². The molecule has 3 heteroatoms. The third-order valence-corrected chi connectivity index (χ3v) is 2.87. The fraction of sp³-hybridized carbons (Fsp3) is 0.727. The van der Waals surface area contributed by atoms with Gasteiger partial charge in [-0.15, -0.1) is 0 Å². The van der Waals surface area contributed by atoms with Gasteiger partial charge in [-0.1, -0.05) is 0 Å². The third-order valence-electron chi connectivity index (χ3n) is 2.87. The van der Waals surface area contributed by atoms with Gasteiger partial charge in [-0.05, 0) is 51.3 Å². The van der Waals surface area contributed by atoms with Gasteiger partial charge in [0.15, 0.2) is 0 Å². The average molecular weight is 193 g/mol. The molecule has 2 heterocycles. The van der Waals surface area contributed by atoms with E-state index in [4.69, 9.17) is 0 Å². The standard InChI is InChI=1S/C11H19N3/c1-9(2)14-8-11(7-13-14)5-10-3-4-12-6-10/h7-10,12H,3-6H2,1-2H3. The van der Waals surface area contributed by atoms with Gasteiger partial charge < -0.3 is 5.32 Å². The van der Waals surface area contributed by atoms with Crippen LogP contribution < -0.4 is 5.32 Å². The molecule has 0 aromatic carbocycles. The van der Waals surface area contributed by atoms with Crippen molar-refractivity contribution in [3.05, 3.63) is 18.0 Å². The van der Waals surface area contributed by atoms with Crippen LogP contribution in [0.5, 0.6) is 0 Å². The quantitative estimate of drug-likeness (QED) is 0.790. The summed E-state index contributed by atoms with van der Waals surface area (Å²) in [5.74, 6) is 0.819.